The van der Waals surface area contributed by atoms with Crippen LogP contribution in [0.3, 0.4) is 0 Å². The summed E-state index contributed by atoms with van der Waals surface area (Å²) in [4.78, 5) is 22.9. The van der Waals surface area contributed by atoms with Crippen molar-refractivity contribution in [2.45, 2.75) is 6.92 Å². The Morgan fingerprint density at radius 3 is 2.91 bits per heavy atom. The van der Waals surface area contributed by atoms with Gasteiger partial charge in [-0.25, -0.2) is 4.98 Å². The summed E-state index contributed by atoms with van der Waals surface area (Å²) in [6, 6.07) is 5.46. The molecular formula is C15H15ClN4OS. The van der Waals surface area contributed by atoms with Gasteiger partial charge in [-0.3, -0.25) is 9.78 Å². The molecule has 0 bridgehead atoms. The third kappa shape index (κ3) is 3.34. The number of carbonyl (C=O) groups is 1. The number of pyridine rings is 2. The van der Waals surface area contributed by atoms with Crippen molar-refractivity contribution in [2.75, 3.05) is 23.5 Å². The van der Waals surface area contributed by atoms with Gasteiger partial charge in [0, 0.05) is 24.2 Å². The Morgan fingerprint density at radius 2 is 2.23 bits per heavy atom. The van der Waals surface area contributed by atoms with E-state index in [1.165, 1.54) is 6.20 Å². The molecule has 1 amide bonds. The topological polar surface area (TPSA) is 58.1 Å². The first-order valence-corrected chi connectivity index (χ1v) is 8.39. The van der Waals surface area contributed by atoms with Crippen molar-refractivity contribution in [1.29, 1.82) is 0 Å². The zero-order chi connectivity index (χ0) is 15.5. The van der Waals surface area contributed by atoms with E-state index in [9.17, 15) is 4.79 Å². The fraction of sp³-hybridized carbons (Fsp3) is 0.267. The van der Waals surface area contributed by atoms with Gasteiger partial charge in [-0.2, -0.15) is 0 Å². The first-order chi connectivity index (χ1) is 10.6. The van der Waals surface area contributed by atoms with Gasteiger partial charge in [0.25, 0.3) is 5.91 Å². The Morgan fingerprint density at radius 1 is 1.36 bits per heavy atom. The SMILES string of the molecule is Cc1ccc(Nc2ncc(Cl)cc2C(=O)N2CCSC2)cn1. The maximum Gasteiger partial charge on any atom is 0.258 e. The molecule has 1 saturated heterocycles. The average Bonchev–Trinajstić information content (AvgIpc) is 3.05. The number of carbonyl (C=O) groups excluding carboxylic acids is 1. The van der Waals surface area contributed by atoms with E-state index in [1.807, 2.05) is 19.1 Å². The summed E-state index contributed by atoms with van der Waals surface area (Å²) >= 11 is 7.75. The highest BCUT2D eigenvalue weighted by molar-refractivity contribution is 7.99. The van der Waals surface area contributed by atoms with E-state index in [1.54, 1.807) is 28.9 Å². The summed E-state index contributed by atoms with van der Waals surface area (Å²) in [5.74, 6) is 2.11. The molecule has 0 saturated carbocycles. The number of anilines is 2. The molecule has 3 rings (SSSR count). The Kier molecular flexibility index (Phi) is 4.49. The highest BCUT2D eigenvalue weighted by Crippen LogP contribution is 2.25. The van der Waals surface area contributed by atoms with Gasteiger partial charge in [-0.1, -0.05) is 11.6 Å². The molecule has 0 unspecified atom stereocenters. The predicted octanol–water partition coefficient (Wildman–Crippen LogP) is 3.33. The minimum Gasteiger partial charge on any atom is -0.338 e. The zero-order valence-electron chi connectivity index (χ0n) is 12.0. The van der Waals surface area contributed by atoms with Crippen LogP contribution in [0, 0.1) is 6.92 Å². The molecule has 2 aromatic heterocycles. The molecule has 0 atom stereocenters. The first kappa shape index (κ1) is 15.1. The van der Waals surface area contributed by atoms with Gasteiger partial charge in [-0.05, 0) is 25.1 Å². The van der Waals surface area contributed by atoms with Crippen molar-refractivity contribution in [3.8, 4) is 0 Å². The van der Waals surface area contributed by atoms with E-state index < -0.39 is 0 Å². The minimum absolute atomic E-state index is 0.0532. The van der Waals surface area contributed by atoms with Crippen molar-refractivity contribution in [2.24, 2.45) is 0 Å². The lowest BCUT2D eigenvalue weighted by molar-refractivity contribution is 0.0803. The van der Waals surface area contributed by atoms with Crippen LogP contribution in [0.1, 0.15) is 16.1 Å². The number of amides is 1. The van der Waals surface area contributed by atoms with E-state index in [2.05, 4.69) is 15.3 Å². The minimum atomic E-state index is -0.0532. The van der Waals surface area contributed by atoms with Gasteiger partial charge in [0.05, 0.1) is 28.3 Å². The van der Waals surface area contributed by atoms with Crippen molar-refractivity contribution in [3.63, 3.8) is 0 Å². The highest BCUT2D eigenvalue weighted by Gasteiger charge is 2.23. The molecule has 0 aliphatic carbocycles. The second-order valence-electron chi connectivity index (χ2n) is 4.97. The number of aromatic nitrogens is 2. The molecular weight excluding hydrogens is 320 g/mol. The van der Waals surface area contributed by atoms with Crippen LogP contribution in [0.15, 0.2) is 30.6 Å². The summed E-state index contributed by atoms with van der Waals surface area (Å²) in [6.45, 7) is 2.67. The molecule has 2 aromatic rings. The van der Waals surface area contributed by atoms with Crippen LogP contribution in [0.4, 0.5) is 11.5 Å². The van der Waals surface area contributed by atoms with Crippen LogP contribution in [0.2, 0.25) is 5.02 Å². The van der Waals surface area contributed by atoms with Gasteiger partial charge in [0.2, 0.25) is 0 Å². The molecule has 1 fully saturated rings. The number of hydrogen-bond acceptors (Lipinski definition) is 5. The lowest BCUT2D eigenvalue weighted by Crippen LogP contribution is -2.28. The van der Waals surface area contributed by atoms with Crippen LogP contribution in [-0.2, 0) is 0 Å². The highest BCUT2D eigenvalue weighted by atomic mass is 35.5. The average molecular weight is 335 g/mol. The Labute approximate surface area is 138 Å². The number of halogens is 1. The van der Waals surface area contributed by atoms with Crippen molar-refractivity contribution >= 4 is 40.8 Å². The molecule has 22 heavy (non-hydrogen) atoms. The summed E-state index contributed by atoms with van der Waals surface area (Å²) < 4.78 is 0. The lowest BCUT2D eigenvalue weighted by atomic mass is 10.2. The third-order valence-corrected chi connectivity index (χ3v) is 4.47. The number of rotatable bonds is 3. The number of thioether (sulfide) groups is 1. The summed E-state index contributed by atoms with van der Waals surface area (Å²) in [5.41, 5.74) is 2.20. The molecule has 1 aliphatic heterocycles. The first-order valence-electron chi connectivity index (χ1n) is 6.86. The van der Waals surface area contributed by atoms with Gasteiger partial charge in [0.1, 0.15) is 5.82 Å². The van der Waals surface area contributed by atoms with Crippen LogP contribution in [0.25, 0.3) is 0 Å². The van der Waals surface area contributed by atoms with Gasteiger partial charge in [-0.15, -0.1) is 11.8 Å². The molecule has 0 aromatic carbocycles. The standard InChI is InChI=1S/C15H15ClN4OS/c1-10-2-3-12(8-17-10)19-14-13(6-11(16)7-18-14)15(21)20-4-5-22-9-20/h2-3,6-8H,4-5,9H2,1H3,(H,18,19). The van der Waals surface area contributed by atoms with Crippen LogP contribution < -0.4 is 5.32 Å². The van der Waals surface area contributed by atoms with Crippen molar-refractivity contribution < 1.29 is 4.79 Å². The fourth-order valence-electron chi connectivity index (χ4n) is 2.12. The maximum atomic E-state index is 12.6. The fourth-order valence-corrected chi connectivity index (χ4v) is 3.23. The third-order valence-electron chi connectivity index (χ3n) is 3.30. The second-order valence-corrected chi connectivity index (χ2v) is 6.48. The summed E-state index contributed by atoms with van der Waals surface area (Å²) in [7, 11) is 0. The number of nitrogens with zero attached hydrogens (tertiary/aromatic N) is 3. The zero-order valence-corrected chi connectivity index (χ0v) is 13.6. The van der Waals surface area contributed by atoms with E-state index in [0.29, 0.717) is 22.3 Å². The van der Waals surface area contributed by atoms with E-state index >= 15 is 0 Å². The number of hydrogen-bond donors (Lipinski definition) is 1. The Balaban J connectivity index is 1.90. The number of aryl methyl sites for hydroxylation is 1. The quantitative estimate of drug-likeness (QED) is 0.933. The molecule has 0 radical (unpaired) electrons. The molecule has 7 heteroatoms. The van der Waals surface area contributed by atoms with Crippen LogP contribution >= 0.6 is 23.4 Å². The Hall–Kier alpha value is -1.79. The molecule has 3 heterocycles. The van der Waals surface area contributed by atoms with Crippen LogP contribution in [-0.4, -0.2) is 38.9 Å². The second kappa shape index (κ2) is 6.54. The predicted molar refractivity (Wildman–Crippen MR) is 89.9 cm³/mol. The van der Waals surface area contributed by atoms with Gasteiger partial charge >= 0.3 is 0 Å². The van der Waals surface area contributed by atoms with Crippen molar-refractivity contribution in [1.82, 2.24) is 14.9 Å². The largest absolute Gasteiger partial charge is 0.338 e. The lowest BCUT2D eigenvalue weighted by Gasteiger charge is -2.17. The number of nitrogens with one attached hydrogen (secondary N) is 1. The van der Waals surface area contributed by atoms with E-state index in [4.69, 9.17) is 11.6 Å². The Bertz CT molecular complexity index is 686. The van der Waals surface area contributed by atoms with Crippen molar-refractivity contribution in [3.05, 3.63) is 46.9 Å². The maximum absolute atomic E-state index is 12.6. The molecule has 0 spiro atoms. The molecule has 5 nitrogen and oxygen atoms in total. The molecule has 1 N–H and O–H groups in total. The van der Waals surface area contributed by atoms with E-state index in [0.717, 1.165) is 23.7 Å². The smallest absolute Gasteiger partial charge is 0.258 e. The van der Waals surface area contributed by atoms with Gasteiger partial charge in [0.15, 0.2) is 0 Å². The monoisotopic (exact) mass is 334 g/mol. The molecule has 1 aliphatic rings. The van der Waals surface area contributed by atoms with E-state index in [-0.39, 0.29) is 5.91 Å². The van der Waals surface area contributed by atoms with Gasteiger partial charge < -0.3 is 10.2 Å². The summed E-state index contributed by atoms with van der Waals surface area (Å²) in [6.07, 6.45) is 3.24. The van der Waals surface area contributed by atoms with Crippen LogP contribution in [0.5, 0.6) is 0 Å². The normalized spacial score (nSPS) is 14.2. The molecule has 114 valence electrons. The summed E-state index contributed by atoms with van der Waals surface area (Å²) in [5, 5.41) is 3.59.